The second-order valence-electron chi connectivity index (χ2n) is 9.10. The van der Waals surface area contributed by atoms with Crippen LogP contribution < -0.4 is 0 Å². The molecule has 30 heavy (non-hydrogen) atoms. The van der Waals surface area contributed by atoms with Gasteiger partial charge >= 0.3 is 5.97 Å². The third-order valence-corrected chi connectivity index (χ3v) is 7.04. The van der Waals surface area contributed by atoms with Crippen molar-refractivity contribution in [3.8, 4) is 0 Å². The molecule has 2 saturated carbocycles. The number of Topliss-reactive ketones (excluding diaryl/α,β-unsaturated/α-hetero) is 1. The summed E-state index contributed by atoms with van der Waals surface area (Å²) in [7, 11) is 1.39. The minimum absolute atomic E-state index is 0.0511. The summed E-state index contributed by atoms with van der Waals surface area (Å²) in [6.45, 7) is 2.18. The highest BCUT2D eigenvalue weighted by Gasteiger charge is 2.40. The summed E-state index contributed by atoms with van der Waals surface area (Å²) in [4.78, 5) is 23.5. The highest BCUT2D eigenvalue weighted by molar-refractivity contribution is 5.84. The summed E-state index contributed by atoms with van der Waals surface area (Å²) in [6, 6.07) is 0. The van der Waals surface area contributed by atoms with Crippen LogP contribution in [0.4, 0.5) is 0 Å². The van der Waals surface area contributed by atoms with Gasteiger partial charge in [0.1, 0.15) is 5.78 Å². The first-order valence-corrected chi connectivity index (χ1v) is 11.7. The summed E-state index contributed by atoms with van der Waals surface area (Å²) in [5.41, 5.74) is 0.0511. The van der Waals surface area contributed by atoms with Crippen LogP contribution in [0.5, 0.6) is 0 Å². The lowest BCUT2D eigenvalue weighted by atomic mass is 9.75. The number of aliphatic hydroxyl groups is 2. The third-order valence-electron chi connectivity index (χ3n) is 7.04. The summed E-state index contributed by atoms with van der Waals surface area (Å²) < 4.78 is 4.62. The maximum absolute atomic E-state index is 12.3. The predicted molar refractivity (Wildman–Crippen MR) is 118 cm³/mol. The highest BCUT2D eigenvalue weighted by Crippen LogP contribution is 2.46. The molecular formula is C25H40O5. The van der Waals surface area contributed by atoms with Gasteiger partial charge in [0.25, 0.3) is 0 Å². The van der Waals surface area contributed by atoms with Crippen molar-refractivity contribution in [2.45, 2.75) is 96.2 Å². The normalized spacial score (nSPS) is 27.3. The lowest BCUT2D eigenvalue weighted by Crippen LogP contribution is -2.32. The quantitative estimate of drug-likeness (QED) is 0.276. The molecule has 0 aromatic heterocycles. The number of allylic oxidation sites excluding steroid dienone is 2. The maximum atomic E-state index is 12.3. The van der Waals surface area contributed by atoms with Gasteiger partial charge in [0.05, 0.1) is 19.3 Å². The van der Waals surface area contributed by atoms with Gasteiger partial charge in [-0.05, 0) is 50.4 Å². The maximum Gasteiger partial charge on any atom is 0.305 e. The van der Waals surface area contributed by atoms with Gasteiger partial charge in [0.2, 0.25) is 0 Å². The molecule has 0 aromatic rings. The fraction of sp³-hybridized carbons (Fsp3) is 0.760. The smallest absolute Gasteiger partial charge is 0.305 e. The topological polar surface area (TPSA) is 83.8 Å². The predicted octanol–water partition coefficient (Wildman–Crippen LogP) is 4.51. The second kappa shape index (κ2) is 12.4. The molecule has 1 unspecified atom stereocenters. The standard InChI is InChI=1S/C25H40O5/c1-3-15-25(16-8-9-17-25)23(28)13-10-12-20-19(21(26)18-22(20)27)11-6-4-5-7-14-24(29)30-2/h4,6,10,12,19-20,22-23,27-28H,3,5,7-9,11,13-18H2,1-2H3/t19-,20-,22-,23?/m1/s1. The first-order chi connectivity index (χ1) is 14.4. The Morgan fingerprint density at radius 3 is 2.67 bits per heavy atom. The van der Waals surface area contributed by atoms with Crippen molar-refractivity contribution in [3.05, 3.63) is 24.3 Å². The van der Waals surface area contributed by atoms with E-state index in [0.717, 1.165) is 38.5 Å². The summed E-state index contributed by atoms with van der Waals surface area (Å²) in [5.74, 6) is -0.491. The Bertz CT molecular complexity index is 603. The Morgan fingerprint density at radius 1 is 1.27 bits per heavy atom. The number of unbranched alkanes of at least 4 members (excludes halogenated alkanes) is 1. The molecule has 5 heteroatoms. The Kier molecular flexibility index (Phi) is 10.3. The number of esters is 1. The van der Waals surface area contributed by atoms with E-state index in [-0.39, 0.29) is 41.5 Å². The molecule has 0 aliphatic heterocycles. The Labute approximate surface area is 181 Å². The SMILES string of the molecule is CCCC1(C(O)CC=C[C@H]2[C@H](O)CC(=O)[C@@H]2CC=CCCCC(=O)OC)CCCC1. The lowest BCUT2D eigenvalue weighted by Gasteiger charge is -2.33. The number of carbonyl (C=O) groups excluding carboxylic acids is 2. The van der Waals surface area contributed by atoms with Crippen LogP contribution >= 0.6 is 0 Å². The fourth-order valence-electron chi connectivity index (χ4n) is 5.30. The first kappa shape index (κ1) is 24.8. The van der Waals surface area contributed by atoms with Crippen LogP contribution in [0.25, 0.3) is 0 Å². The molecule has 0 aromatic carbocycles. The average Bonchev–Trinajstić information content (AvgIpc) is 3.30. The van der Waals surface area contributed by atoms with Crippen LogP contribution in [-0.4, -0.2) is 41.3 Å². The summed E-state index contributed by atoms with van der Waals surface area (Å²) in [5, 5.41) is 21.2. The second-order valence-corrected chi connectivity index (χ2v) is 9.10. The molecule has 5 nitrogen and oxygen atoms in total. The Morgan fingerprint density at radius 2 is 2.00 bits per heavy atom. The Hall–Kier alpha value is -1.46. The van der Waals surface area contributed by atoms with Crippen molar-refractivity contribution in [1.82, 2.24) is 0 Å². The minimum atomic E-state index is -0.639. The van der Waals surface area contributed by atoms with Crippen molar-refractivity contribution < 1.29 is 24.5 Å². The fourth-order valence-corrected chi connectivity index (χ4v) is 5.30. The lowest BCUT2D eigenvalue weighted by molar-refractivity contribution is -0.140. The first-order valence-electron chi connectivity index (χ1n) is 11.7. The van der Waals surface area contributed by atoms with E-state index in [4.69, 9.17) is 0 Å². The molecule has 0 radical (unpaired) electrons. The number of carbonyl (C=O) groups is 2. The Balaban J connectivity index is 1.86. The number of methoxy groups -OCH3 is 1. The van der Waals surface area contributed by atoms with Gasteiger partial charge in [-0.2, -0.15) is 0 Å². The molecule has 2 aliphatic rings. The largest absolute Gasteiger partial charge is 0.469 e. The van der Waals surface area contributed by atoms with Gasteiger partial charge in [-0.25, -0.2) is 0 Å². The van der Waals surface area contributed by atoms with E-state index < -0.39 is 6.10 Å². The van der Waals surface area contributed by atoms with Crippen molar-refractivity contribution in [2.24, 2.45) is 17.3 Å². The van der Waals surface area contributed by atoms with E-state index in [0.29, 0.717) is 19.3 Å². The van der Waals surface area contributed by atoms with Gasteiger partial charge in [0, 0.05) is 24.7 Å². The molecule has 0 heterocycles. The molecule has 170 valence electrons. The molecule has 2 N–H and O–H groups in total. The van der Waals surface area contributed by atoms with Crippen LogP contribution in [0.2, 0.25) is 0 Å². The zero-order valence-corrected chi connectivity index (χ0v) is 18.7. The van der Waals surface area contributed by atoms with Crippen molar-refractivity contribution >= 4 is 11.8 Å². The molecule has 0 spiro atoms. The van der Waals surface area contributed by atoms with Crippen molar-refractivity contribution in [3.63, 3.8) is 0 Å². The molecule has 2 fully saturated rings. The van der Waals surface area contributed by atoms with E-state index in [9.17, 15) is 19.8 Å². The number of hydrogen-bond donors (Lipinski definition) is 2. The number of ketones is 1. The zero-order valence-electron chi connectivity index (χ0n) is 18.7. The number of aliphatic hydroxyl groups excluding tert-OH is 2. The third kappa shape index (κ3) is 6.78. The van der Waals surface area contributed by atoms with Gasteiger partial charge in [-0.15, -0.1) is 0 Å². The van der Waals surface area contributed by atoms with Crippen LogP contribution in [0.1, 0.15) is 84.0 Å². The van der Waals surface area contributed by atoms with Crippen LogP contribution in [0.3, 0.4) is 0 Å². The molecule has 2 aliphatic carbocycles. The molecule has 0 bridgehead atoms. The van der Waals surface area contributed by atoms with Gasteiger partial charge in [-0.1, -0.05) is 50.5 Å². The van der Waals surface area contributed by atoms with E-state index in [1.165, 1.54) is 20.0 Å². The van der Waals surface area contributed by atoms with Crippen LogP contribution in [0, 0.1) is 17.3 Å². The number of rotatable bonds is 12. The molecular weight excluding hydrogens is 380 g/mol. The van der Waals surface area contributed by atoms with E-state index in [1.54, 1.807) is 0 Å². The van der Waals surface area contributed by atoms with E-state index in [2.05, 4.69) is 11.7 Å². The molecule has 4 atom stereocenters. The highest BCUT2D eigenvalue weighted by atomic mass is 16.5. The number of ether oxygens (including phenoxy) is 1. The van der Waals surface area contributed by atoms with E-state index in [1.807, 2.05) is 24.3 Å². The van der Waals surface area contributed by atoms with Crippen LogP contribution in [-0.2, 0) is 14.3 Å². The average molecular weight is 421 g/mol. The molecule has 0 saturated heterocycles. The summed E-state index contributed by atoms with van der Waals surface area (Å²) in [6.07, 6.45) is 17.0. The van der Waals surface area contributed by atoms with Crippen LogP contribution in [0.15, 0.2) is 24.3 Å². The minimum Gasteiger partial charge on any atom is -0.469 e. The molecule has 0 amide bonds. The van der Waals surface area contributed by atoms with Crippen molar-refractivity contribution in [2.75, 3.05) is 7.11 Å². The monoisotopic (exact) mass is 420 g/mol. The zero-order chi connectivity index (χ0) is 22.0. The summed E-state index contributed by atoms with van der Waals surface area (Å²) >= 11 is 0. The van der Waals surface area contributed by atoms with Gasteiger partial charge < -0.3 is 14.9 Å². The van der Waals surface area contributed by atoms with Crippen molar-refractivity contribution in [1.29, 1.82) is 0 Å². The number of hydrogen-bond acceptors (Lipinski definition) is 5. The van der Waals surface area contributed by atoms with Gasteiger partial charge in [-0.3, -0.25) is 9.59 Å². The van der Waals surface area contributed by atoms with E-state index >= 15 is 0 Å². The molecule has 2 rings (SSSR count). The van der Waals surface area contributed by atoms with Gasteiger partial charge in [0.15, 0.2) is 0 Å².